The molecule has 25 heavy (non-hydrogen) atoms. The monoisotopic (exact) mass is 358 g/mol. The van der Waals surface area contributed by atoms with E-state index >= 15 is 0 Å². The molecule has 2 aromatic carbocycles. The van der Waals surface area contributed by atoms with Crippen molar-refractivity contribution in [2.75, 3.05) is 51.2 Å². The molecule has 0 spiro atoms. The maximum Gasteiger partial charge on any atom is 0.407 e. The summed E-state index contributed by atoms with van der Waals surface area (Å²) in [6.07, 6.45) is 0. The molecule has 4 nitrogen and oxygen atoms in total. The van der Waals surface area contributed by atoms with Gasteiger partial charge in [0.1, 0.15) is 0 Å². The Hall–Kier alpha value is -1.82. The highest BCUT2D eigenvalue weighted by atomic mass is 28.4. The van der Waals surface area contributed by atoms with Crippen molar-refractivity contribution in [1.82, 2.24) is 0 Å². The molecule has 0 atom stereocenters. The van der Waals surface area contributed by atoms with E-state index in [0.29, 0.717) is 13.2 Å². The molecule has 0 aromatic heterocycles. The Morgan fingerprint density at radius 3 is 1.20 bits per heavy atom. The third-order valence-electron chi connectivity index (χ3n) is 4.22. The smallest absolute Gasteiger partial charge is 0.388 e. The van der Waals surface area contributed by atoms with Crippen molar-refractivity contribution in [3.8, 4) is 0 Å². The molecule has 0 aliphatic carbocycles. The summed E-state index contributed by atoms with van der Waals surface area (Å²) in [5, 5.41) is 2.28. The van der Waals surface area contributed by atoms with Crippen LogP contribution in [0.4, 0.5) is 11.4 Å². The van der Waals surface area contributed by atoms with Gasteiger partial charge in [0.25, 0.3) is 0 Å². The largest absolute Gasteiger partial charge is 0.407 e. The lowest BCUT2D eigenvalue weighted by atomic mass is 10.3. The maximum absolute atomic E-state index is 6.33. The van der Waals surface area contributed by atoms with Crippen molar-refractivity contribution in [2.24, 2.45) is 0 Å². The van der Waals surface area contributed by atoms with Gasteiger partial charge < -0.3 is 18.7 Å². The minimum absolute atomic E-state index is 0.622. The van der Waals surface area contributed by atoms with Crippen molar-refractivity contribution < 1.29 is 8.85 Å². The Kier molecular flexibility index (Phi) is 6.64. The van der Waals surface area contributed by atoms with Crippen molar-refractivity contribution in [3.63, 3.8) is 0 Å². The molecule has 0 fully saturated rings. The number of hydrogen-bond acceptors (Lipinski definition) is 4. The zero-order chi connectivity index (χ0) is 18.4. The van der Waals surface area contributed by atoms with E-state index in [1.54, 1.807) is 0 Å². The fraction of sp³-hybridized carbons (Fsp3) is 0.400. The summed E-state index contributed by atoms with van der Waals surface area (Å²) < 4.78 is 12.7. The highest BCUT2D eigenvalue weighted by Crippen LogP contribution is 2.16. The molecule has 2 aromatic rings. The first-order valence-corrected chi connectivity index (χ1v) is 10.6. The Morgan fingerprint density at radius 2 is 0.960 bits per heavy atom. The van der Waals surface area contributed by atoms with Gasteiger partial charge in [0.15, 0.2) is 0 Å². The third kappa shape index (κ3) is 4.23. The molecular weight excluding hydrogens is 328 g/mol. The minimum atomic E-state index is -2.70. The van der Waals surface area contributed by atoms with Gasteiger partial charge in [-0.3, -0.25) is 0 Å². The molecule has 0 bridgehead atoms. The summed E-state index contributed by atoms with van der Waals surface area (Å²) in [6, 6.07) is 17.1. The predicted octanol–water partition coefficient (Wildman–Crippen LogP) is 2.45. The van der Waals surface area contributed by atoms with Crippen molar-refractivity contribution >= 4 is 30.3 Å². The molecule has 5 heteroatoms. The van der Waals surface area contributed by atoms with Crippen LogP contribution < -0.4 is 20.2 Å². The lowest BCUT2D eigenvalue weighted by Crippen LogP contribution is -2.63. The Morgan fingerprint density at radius 1 is 0.640 bits per heavy atom. The Bertz CT molecular complexity index is 595. The van der Waals surface area contributed by atoms with E-state index in [9.17, 15) is 0 Å². The molecule has 0 unspecified atom stereocenters. The number of anilines is 2. The summed E-state index contributed by atoms with van der Waals surface area (Å²) in [5.41, 5.74) is 2.34. The third-order valence-corrected chi connectivity index (χ3v) is 7.80. The zero-order valence-electron chi connectivity index (χ0n) is 16.2. The average molecular weight is 359 g/mol. The van der Waals surface area contributed by atoms with Crippen LogP contribution in [0.1, 0.15) is 13.8 Å². The van der Waals surface area contributed by atoms with Gasteiger partial charge in [-0.15, -0.1) is 0 Å². The summed E-state index contributed by atoms with van der Waals surface area (Å²) in [4.78, 5) is 4.19. The van der Waals surface area contributed by atoms with Crippen LogP contribution in [0.3, 0.4) is 0 Å². The molecular formula is C20H30N2O2Si. The first-order chi connectivity index (χ1) is 11.9. The van der Waals surface area contributed by atoms with E-state index in [0.717, 1.165) is 10.4 Å². The second-order valence-electron chi connectivity index (χ2n) is 6.37. The number of benzene rings is 2. The molecule has 0 N–H and O–H groups in total. The molecule has 2 rings (SSSR count). The van der Waals surface area contributed by atoms with Crippen LogP contribution in [-0.2, 0) is 8.85 Å². The van der Waals surface area contributed by atoms with E-state index in [4.69, 9.17) is 8.85 Å². The van der Waals surface area contributed by atoms with Gasteiger partial charge in [0.05, 0.1) is 0 Å². The standard InChI is InChI=1S/C20H30N2O2Si/c1-7-23-25(24-8-2,19-13-9-17(10-14-19)21(3)4)20-15-11-18(12-16-20)22(5)6/h9-16H,7-8H2,1-6H3. The van der Waals surface area contributed by atoms with Crippen LogP contribution in [0, 0.1) is 0 Å². The molecule has 0 aliphatic heterocycles. The van der Waals surface area contributed by atoms with Gasteiger partial charge in [-0.25, -0.2) is 0 Å². The van der Waals surface area contributed by atoms with E-state index in [2.05, 4.69) is 58.3 Å². The zero-order valence-corrected chi connectivity index (χ0v) is 17.2. The molecule has 0 amide bonds. The van der Waals surface area contributed by atoms with Crippen LogP contribution in [0.5, 0.6) is 0 Å². The first-order valence-electron chi connectivity index (χ1n) is 8.78. The Labute approximate surface area is 153 Å². The SMILES string of the molecule is CCO[Si](OCC)(c1ccc(N(C)C)cc1)c1ccc(N(C)C)cc1. The van der Waals surface area contributed by atoms with Crippen LogP contribution in [0.15, 0.2) is 48.5 Å². The van der Waals surface area contributed by atoms with E-state index in [1.807, 2.05) is 42.0 Å². The average Bonchev–Trinajstić information content (AvgIpc) is 2.61. The lowest BCUT2D eigenvalue weighted by Gasteiger charge is -2.31. The van der Waals surface area contributed by atoms with Crippen molar-refractivity contribution in [2.45, 2.75) is 13.8 Å². The molecule has 0 radical (unpaired) electrons. The molecule has 0 aliphatic rings. The number of hydrogen-bond donors (Lipinski definition) is 0. The van der Waals surface area contributed by atoms with Crippen molar-refractivity contribution in [1.29, 1.82) is 0 Å². The van der Waals surface area contributed by atoms with Crippen molar-refractivity contribution in [3.05, 3.63) is 48.5 Å². The highest BCUT2D eigenvalue weighted by molar-refractivity contribution is 6.92. The van der Waals surface area contributed by atoms with E-state index in [-0.39, 0.29) is 0 Å². The van der Waals surface area contributed by atoms with Crippen LogP contribution in [-0.4, -0.2) is 50.0 Å². The summed E-state index contributed by atoms with van der Waals surface area (Å²) in [7, 11) is 5.49. The molecule has 136 valence electrons. The van der Waals surface area contributed by atoms with Gasteiger partial charge in [-0.05, 0) is 48.5 Å². The van der Waals surface area contributed by atoms with Crippen LogP contribution in [0.2, 0.25) is 0 Å². The number of rotatable bonds is 8. The van der Waals surface area contributed by atoms with Crippen LogP contribution in [0.25, 0.3) is 0 Å². The van der Waals surface area contributed by atoms with E-state index < -0.39 is 8.56 Å². The summed E-state index contributed by atoms with van der Waals surface area (Å²) in [5.74, 6) is 0. The maximum atomic E-state index is 6.33. The quantitative estimate of drug-likeness (QED) is 0.677. The predicted molar refractivity (Wildman–Crippen MR) is 110 cm³/mol. The lowest BCUT2D eigenvalue weighted by molar-refractivity contribution is 0.208. The summed E-state index contributed by atoms with van der Waals surface area (Å²) >= 11 is 0. The molecule has 0 saturated carbocycles. The second-order valence-corrected chi connectivity index (χ2v) is 9.33. The minimum Gasteiger partial charge on any atom is -0.388 e. The molecule has 0 saturated heterocycles. The van der Waals surface area contributed by atoms with Gasteiger partial charge >= 0.3 is 8.56 Å². The van der Waals surface area contributed by atoms with E-state index in [1.165, 1.54) is 11.4 Å². The highest BCUT2D eigenvalue weighted by Gasteiger charge is 2.42. The number of nitrogens with zero attached hydrogens (tertiary/aromatic N) is 2. The first kappa shape index (κ1) is 19.5. The topological polar surface area (TPSA) is 24.9 Å². The summed E-state index contributed by atoms with van der Waals surface area (Å²) in [6.45, 7) is 5.31. The van der Waals surface area contributed by atoms with Gasteiger partial charge in [0.2, 0.25) is 0 Å². The molecule has 0 heterocycles. The fourth-order valence-corrected chi connectivity index (χ4v) is 6.01. The fourth-order valence-electron chi connectivity index (χ4n) is 2.91. The second kappa shape index (κ2) is 8.51. The normalized spacial score (nSPS) is 11.4. The van der Waals surface area contributed by atoms with Gasteiger partial charge in [-0.1, -0.05) is 24.3 Å². The van der Waals surface area contributed by atoms with Crippen LogP contribution >= 0.6 is 0 Å². The van der Waals surface area contributed by atoms with Gasteiger partial charge in [0, 0.05) is 52.8 Å². The Balaban J connectivity index is 2.52. The van der Waals surface area contributed by atoms with Gasteiger partial charge in [-0.2, -0.15) is 0 Å².